The quantitative estimate of drug-likeness (QED) is 0.667. The van der Waals surface area contributed by atoms with Crippen molar-refractivity contribution in [3.8, 4) is 17.2 Å². The maximum Gasteiger partial charge on any atom is 0.243 e. The summed E-state index contributed by atoms with van der Waals surface area (Å²) in [6.07, 6.45) is 2.91. The number of methoxy groups -OCH3 is 3. The van der Waals surface area contributed by atoms with Gasteiger partial charge < -0.3 is 19.5 Å². The van der Waals surface area contributed by atoms with E-state index in [2.05, 4.69) is 5.32 Å². The Morgan fingerprint density at radius 2 is 1.52 bits per heavy atom. The van der Waals surface area contributed by atoms with Crippen LogP contribution in [0.15, 0.2) is 41.3 Å². The summed E-state index contributed by atoms with van der Waals surface area (Å²) in [5.74, 6) is 1.15. The molecule has 0 spiro atoms. The molecule has 0 radical (unpaired) electrons. The zero-order valence-corrected chi connectivity index (χ0v) is 18.8. The molecule has 8 nitrogen and oxygen atoms in total. The van der Waals surface area contributed by atoms with Gasteiger partial charge in [0.2, 0.25) is 21.7 Å². The highest BCUT2D eigenvalue weighted by Gasteiger charge is 2.25. The molecule has 168 valence electrons. The lowest BCUT2D eigenvalue weighted by Crippen LogP contribution is -2.35. The topological polar surface area (TPSA) is 94.2 Å². The number of ether oxygens (including phenoxy) is 3. The Labute approximate surface area is 183 Å². The van der Waals surface area contributed by atoms with Crippen LogP contribution in [-0.2, 0) is 21.2 Å². The molecule has 31 heavy (non-hydrogen) atoms. The van der Waals surface area contributed by atoms with Crippen molar-refractivity contribution in [3.63, 3.8) is 0 Å². The smallest absolute Gasteiger partial charge is 0.243 e. The lowest BCUT2D eigenvalue weighted by Gasteiger charge is -2.25. The van der Waals surface area contributed by atoms with Crippen molar-refractivity contribution >= 4 is 21.6 Å². The molecule has 0 bridgehead atoms. The van der Waals surface area contributed by atoms with Crippen LogP contribution >= 0.6 is 0 Å². The van der Waals surface area contributed by atoms with E-state index in [0.717, 1.165) is 19.3 Å². The number of nitrogens with zero attached hydrogens (tertiary/aromatic N) is 1. The van der Waals surface area contributed by atoms with E-state index in [1.165, 1.54) is 37.8 Å². The van der Waals surface area contributed by atoms with Gasteiger partial charge in [-0.1, -0.05) is 6.42 Å². The van der Waals surface area contributed by atoms with Crippen molar-refractivity contribution < 1.29 is 27.4 Å². The third-order valence-electron chi connectivity index (χ3n) is 5.18. The van der Waals surface area contributed by atoms with Crippen molar-refractivity contribution in [3.05, 3.63) is 42.0 Å². The second-order valence-electron chi connectivity index (χ2n) is 7.25. The van der Waals surface area contributed by atoms with Gasteiger partial charge in [-0.25, -0.2) is 8.42 Å². The molecule has 3 rings (SSSR count). The second-order valence-corrected chi connectivity index (χ2v) is 9.19. The Bertz CT molecular complexity index is 990. The highest BCUT2D eigenvalue weighted by molar-refractivity contribution is 7.89. The monoisotopic (exact) mass is 448 g/mol. The molecule has 9 heteroatoms. The summed E-state index contributed by atoms with van der Waals surface area (Å²) in [4.78, 5) is 12.7. The average Bonchev–Trinajstić information content (AvgIpc) is 2.79. The van der Waals surface area contributed by atoms with Gasteiger partial charge in [0.05, 0.1) is 32.6 Å². The minimum absolute atomic E-state index is 0.0878. The molecule has 0 aromatic heterocycles. The first-order valence-corrected chi connectivity index (χ1v) is 11.5. The first-order chi connectivity index (χ1) is 14.9. The van der Waals surface area contributed by atoms with Crippen LogP contribution in [0.5, 0.6) is 17.2 Å². The number of anilines is 1. The van der Waals surface area contributed by atoms with Gasteiger partial charge in [0, 0.05) is 18.8 Å². The van der Waals surface area contributed by atoms with E-state index in [9.17, 15) is 13.2 Å². The van der Waals surface area contributed by atoms with E-state index in [1.54, 1.807) is 24.3 Å². The predicted molar refractivity (Wildman–Crippen MR) is 117 cm³/mol. The number of piperidine rings is 1. The number of sulfonamides is 1. The zero-order valence-electron chi connectivity index (χ0n) is 18.0. The van der Waals surface area contributed by atoms with Crippen LogP contribution in [0, 0.1) is 0 Å². The van der Waals surface area contributed by atoms with E-state index in [-0.39, 0.29) is 17.2 Å². The third kappa shape index (κ3) is 5.29. The number of amides is 1. The second kappa shape index (κ2) is 10.0. The maximum atomic E-state index is 12.7. The van der Waals surface area contributed by atoms with Crippen molar-refractivity contribution in [1.82, 2.24) is 4.31 Å². The summed E-state index contributed by atoms with van der Waals surface area (Å²) >= 11 is 0. The molecule has 1 saturated heterocycles. The fourth-order valence-corrected chi connectivity index (χ4v) is 5.11. The molecule has 1 aliphatic heterocycles. The summed E-state index contributed by atoms with van der Waals surface area (Å²) in [7, 11) is 1.05. The molecule has 2 aromatic carbocycles. The molecule has 1 fully saturated rings. The number of carbonyl (C=O) groups is 1. The summed E-state index contributed by atoms with van der Waals surface area (Å²) < 4.78 is 42.9. The average molecular weight is 449 g/mol. The van der Waals surface area contributed by atoms with Gasteiger partial charge in [0.25, 0.3) is 0 Å². The van der Waals surface area contributed by atoms with E-state index in [0.29, 0.717) is 41.6 Å². The normalized spacial score (nSPS) is 14.7. The molecule has 0 aliphatic carbocycles. The Balaban J connectivity index is 1.69. The fourth-order valence-electron chi connectivity index (χ4n) is 3.59. The Morgan fingerprint density at radius 3 is 2.03 bits per heavy atom. The lowest BCUT2D eigenvalue weighted by molar-refractivity contribution is -0.115. The molecule has 0 saturated carbocycles. The van der Waals surface area contributed by atoms with E-state index < -0.39 is 10.0 Å². The Morgan fingerprint density at radius 1 is 0.935 bits per heavy atom. The largest absolute Gasteiger partial charge is 0.493 e. The van der Waals surface area contributed by atoms with Gasteiger partial charge >= 0.3 is 0 Å². The van der Waals surface area contributed by atoms with Gasteiger partial charge in [-0.05, 0) is 54.8 Å². The lowest BCUT2D eigenvalue weighted by atomic mass is 10.1. The molecule has 0 atom stereocenters. The third-order valence-corrected chi connectivity index (χ3v) is 7.09. The van der Waals surface area contributed by atoms with Crippen molar-refractivity contribution in [2.75, 3.05) is 39.7 Å². The summed E-state index contributed by atoms with van der Waals surface area (Å²) in [6, 6.07) is 9.69. The van der Waals surface area contributed by atoms with Crippen molar-refractivity contribution in [1.29, 1.82) is 0 Å². The molecule has 2 aromatic rings. The molecule has 1 amide bonds. The molecule has 0 unspecified atom stereocenters. The van der Waals surface area contributed by atoms with E-state index >= 15 is 0 Å². The molecule has 1 heterocycles. The number of rotatable bonds is 8. The minimum atomic E-state index is -3.50. The van der Waals surface area contributed by atoms with Gasteiger partial charge in [0.15, 0.2) is 11.5 Å². The van der Waals surface area contributed by atoms with Crippen LogP contribution in [0.2, 0.25) is 0 Å². The standard InChI is InChI=1S/C22H28N2O6S/c1-28-19-13-16(14-20(29-2)22(19)30-3)15-21(25)23-17-7-9-18(10-8-17)31(26,27)24-11-5-4-6-12-24/h7-10,13-14H,4-6,11-12,15H2,1-3H3,(H,23,25). The molecule has 1 aliphatic rings. The summed E-state index contributed by atoms with van der Waals surface area (Å²) in [5, 5.41) is 2.79. The van der Waals surface area contributed by atoms with Gasteiger partial charge in [0.1, 0.15) is 0 Å². The van der Waals surface area contributed by atoms with Gasteiger partial charge in [-0.15, -0.1) is 0 Å². The van der Waals surface area contributed by atoms with Crippen LogP contribution in [-0.4, -0.2) is 53.0 Å². The van der Waals surface area contributed by atoms with Crippen molar-refractivity contribution in [2.45, 2.75) is 30.6 Å². The molecule has 1 N–H and O–H groups in total. The van der Waals surface area contributed by atoms with Crippen LogP contribution < -0.4 is 19.5 Å². The van der Waals surface area contributed by atoms with Crippen LogP contribution in [0.25, 0.3) is 0 Å². The predicted octanol–water partition coefficient (Wildman–Crippen LogP) is 3.07. The number of hydrogen-bond donors (Lipinski definition) is 1. The minimum Gasteiger partial charge on any atom is -0.493 e. The van der Waals surface area contributed by atoms with E-state index in [1.807, 2.05) is 0 Å². The maximum absolute atomic E-state index is 12.7. The summed E-state index contributed by atoms with van der Waals surface area (Å²) in [5.41, 5.74) is 1.21. The summed E-state index contributed by atoms with van der Waals surface area (Å²) in [6.45, 7) is 1.10. The highest BCUT2D eigenvalue weighted by Crippen LogP contribution is 2.38. The van der Waals surface area contributed by atoms with Crippen LogP contribution in [0.4, 0.5) is 5.69 Å². The number of hydrogen-bond acceptors (Lipinski definition) is 6. The first kappa shape index (κ1) is 22.9. The molecular weight excluding hydrogens is 420 g/mol. The van der Waals surface area contributed by atoms with Crippen LogP contribution in [0.1, 0.15) is 24.8 Å². The van der Waals surface area contributed by atoms with Crippen molar-refractivity contribution in [2.24, 2.45) is 0 Å². The Hall–Kier alpha value is -2.78. The van der Waals surface area contributed by atoms with Gasteiger partial charge in [-0.2, -0.15) is 4.31 Å². The van der Waals surface area contributed by atoms with Gasteiger partial charge in [-0.3, -0.25) is 4.79 Å². The first-order valence-electron chi connectivity index (χ1n) is 10.1. The highest BCUT2D eigenvalue weighted by atomic mass is 32.2. The number of benzene rings is 2. The van der Waals surface area contributed by atoms with Crippen LogP contribution in [0.3, 0.4) is 0 Å². The Kier molecular flexibility index (Phi) is 7.40. The number of nitrogens with one attached hydrogen (secondary N) is 1. The van der Waals surface area contributed by atoms with E-state index in [4.69, 9.17) is 14.2 Å². The SMILES string of the molecule is COc1cc(CC(=O)Nc2ccc(S(=O)(=O)N3CCCCC3)cc2)cc(OC)c1OC. The number of carbonyl (C=O) groups excluding carboxylic acids is 1. The molecular formula is C22H28N2O6S. The zero-order chi connectivity index (χ0) is 22.4. The fraction of sp³-hybridized carbons (Fsp3) is 0.409.